The first-order valence-corrected chi connectivity index (χ1v) is 12.9. The van der Waals surface area contributed by atoms with Crippen LogP contribution in [0.3, 0.4) is 0 Å². The molecular formula is C30H32F6N4O. The summed E-state index contributed by atoms with van der Waals surface area (Å²) in [5.41, 5.74) is -2.79. The van der Waals surface area contributed by atoms with Gasteiger partial charge in [-0.3, -0.25) is 4.79 Å². The molecule has 4 rings (SSSR count). The molecule has 2 aromatic carbocycles. The van der Waals surface area contributed by atoms with Gasteiger partial charge in [0.15, 0.2) is 0 Å². The van der Waals surface area contributed by atoms with Crippen LogP contribution < -0.4 is 9.80 Å². The van der Waals surface area contributed by atoms with Gasteiger partial charge in [0.1, 0.15) is 5.82 Å². The summed E-state index contributed by atoms with van der Waals surface area (Å²) >= 11 is 0. The van der Waals surface area contributed by atoms with Crippen molar-refractivity contribution in [2.45, 2.75) is 38.5 Å². The van der Waals surface area contributed by atoms with Crippen LogP contribution in [0.1, 0.15) is 40.2 Å². The molecule has 2 heterocycles. The zero-order valence-corrected chi connectivity index (χ0v) is 23.0. The lowest BCUT2D eigenvalue weighted by Gasteiger charge is -2.35. The lowest BCUT2D eigenvalue weighted by Crippen LogP contribution is -2.45. The third kappa shape index (κ3) is 6.34. The van der Waals surface area contributed by atoms with E-state index in [1.54, 1.807) is 12.1 Å². The van der Waals surface area contributed by atoms with E-state index in [2.05, 4.69) is 4.98 Å². The quantitative estimate of drug-likeness (QED) is 0.311. The molecule has 3 aromatic rings. The lowest BCUT2D eigenvalue weighted by molar-refractivity contribution is -0.143. The van der Waals surface area contributed by atoms with Crippen LogP contribution >= 0.6 is 0 Å². The molecule has 0 spiro atoms. The number of piperazine rings is 1. The van der Waals surface area contributed by atoms with Gasteiger partial charge >= 0.3 is 12.4 Å². The number of hydrogen-bond acceptors (Lipinski definition) is 4. The molecule has 41 heavy (non-hydrogen) atoms. The molecular weight excluding hydrogens is 546 g/mol. The van der Waals surface area contributed by atoms with Gasteiger partial charge in [-0.25, -0.2) is 4.98 Å². The van der Waals surface area contributed by atoms with Crippen LogP contribution in [0, 0.1) is 6.92 Å². The lowest BCUT2D eigenvalue weighted by atomic mass is 9.81. The molecule has 1 aromatic heterocycles. The third-order valence-electron chi connectivity index (χ3n) is 7.42. The average Bonchev–Trinajstić information content (AvgIpc) is 2.95. The molecule has 220 valence electrons. The number of carbonyl (C=O) groups excluding carboxylic acids is 1. The van der Waals surface area contributed by atoms with Gasteiger partial charge in [0.2, 0.25) is 5.91 Å². The van der Waals surface area contributed by atoms with Gasteiger partial charge in [-0.05, 0) is 68.7 Å². The van der Waals surface area contributed by atoms with Crippen LogP contribution in [0.2, 0.25) is 0 Å². The van der Waals surface area contributed by atoms with Crippen molar-refractivity contribution in [3.05, 3.63) is 77.0 Å². The molecule has 1 amide bonds. The van der Waals surface area contributed by atoms with E-state index in [-0.39, 0.29) is 19.2 Å². The zero-order valence-electron chi connectivity index (χ0n) is 26.0. The summed E-state index contributed by atoms with van der Waals surface area (Å²) in [7, 11) is 1.40. The van der Waals surface area contributed by atoms with Gasteiger partial charge in [0.05, 0.1) is 28.4 Å². The van der Waals surface area contributed by atoms with E-state index in [1.165, 1.54) is 36.9 Å². The Bertz CT molecular complexity index is 1500. The maximum atomic E-state index is 13.9. The van der Waals surface area contributed by atoms with E-state index in [9.17, 15) is 31.1 Å². The molecule has 0 N–H and O–H groups in total. The number of pyridine rings is 1. The number of carbonyl (C=O) groups is 1. The molecule has 5 nitrogen and oxygen atoms in total. The van der Waals surface area contributed by atoms with Gasteiger partial charge in [0.25, 0.3) is 0 Å². The molecule has 1 fully saturated rings. The number of nitrogens with zero attached hydrogens (tertiary/aromatic N) is 4. The summed E-state index contributed by atoms with van der Waals surface area (Å²) in [6, 6.07) is 10.3. The van der Waals surface area contributed by atoms with Crippen molar-refractivity contribution >= 4 is 17.4 Å². The summed E-state index contributed by atoms with van der Waals surface area (Å²) < 4.78 is 105. The van der Waals surface area contributed by atoms with Crippen molar-refractivity contribution in [3.8, 4) is 11.1 Å². The Morgan fingerprint density at radius 3 is 1.98 bits per heavy atom. The molecule has 1 aliphatic rings. The standard InChI is InChI=1S/C30H32F6N4O/c1-19-8-6-7-9-23(19)24-17-26(40-12-10-38(4)11-13-40)37-18-25(24)39(5)27(41)28(2,3)20-14-21(29(31,32)33)16-22(15-20)30(34,35)36/h6-9,14-18H,10-13H2,1-5H3/i4D3. The normalized spacial score (nSPS) is 16.6. The van der Waals surface area contributed by atoms with Crippen molar-refractivity contribution in [2.75, 3.05) is 50.0 Å². The van der Waals surface area contributed by atoms with E-state index in [0.717, 1.165) is 11.1 Å². The first-order chi connectivity index (χ1) is 20.2. The summed E-state index contributed by atoms with van der Waals surface area (Å²) in [5.74, 6) is -0.217. The number of halogens is 6. The molecule has 0 bridgehead atoms. The smallest absolute Gasteiger partial charge is 0.354 e. The summed E-state index contributed by atoms with van der Waals surface area (Å²) in [4.78, 5) is 23.0. The van der Waals surface area contributed by atoms with Gasteiger partial charge in [-0.15, -0.1) is 0 Å². The van der Waals surface area contributed by atoms with E-state index >= 15 is 0 Å². The number of likely N-dealkylation sites (N-methyl/N-ethyl adjacent to an activating group) is 2. The number of rotatable bonds is 5. The Hall–Kier alpha value is -3.60. The van der Waals surface area contributed by atoms with Crippen LogP contribution in [0.5, 0.6) is 0 Å². The number of hydrogen-bond donors (Lipinski definition) is 0. The van der Waals surface area contributed by atoms with E-state index in [4.69, 9.17) is 4.11 Å². The Kier molecular flexibility index (Phi) is 7.06. The van der Waals surface area contributed by atoms with Crippen LogP contribution in [0.25, 0.3) is 11.1 Å². The van der Waals surface area contributed by atoms with Crippen molar-refractivity contribution in [3.63, 3.8) is 0 Å². The number of amides is 1. The van der Waals surface area contributed by atoms with Crippen molar-refractivity contribution in [1.82, 2.24) is 9.88 Å². The van der Waals surface area contributed by atoms with Gasteiger partial charge in [-0.1, -0.05) is 24.3 Å². The molecule has 0 unspecified atom stereocenters. The average molecular weight is 582 g/mol. The number of aromatic nitrogens is 1. The molecule has 11 heteroatoms. The van der Waals surface area contributed by atoms with Crippen LogP contribution in [-0.2, 0) is 22.6 Å². The van der Waals surface area contributed by atoms with Crippen molar-refractivity contribution < 1.29 is 35.2 Å². The predicted molar refractivity (Wildman–Crippen MR) is 147 cm³/mol. The highest BCUT2D eigenvalue weighted by atomic mass is 19.4. The SMILES string of the molecule is [2H]C([2H])([2H])N1CCN(c2cc(-c3ccccc3C)c(N(C)C(=O)C(C)(C)c3cc(C(F)(F)F)cc(C(F)(F)F)c3)cn2)CC1. The van der Waals surface area contributed by atoms with Crippen LogP contribution in [-0.4, -0.2) is 56.0 Å². The summed E-state index contributed by atoms with van der Waals surface area (Å²) in [5, 5.41) is 0. The highest BCUT2D eigenvalue weighted by Gasteiger charge is 2.41. The van der Waals surface area contributed by atoms with Gasteiger partial charge in [-0.2, -0.15) is 26.3 Å². The fraction of sp³-hybridized carbons (Fsp3) is 0.400. The van der Waals surface area contributed by atoms with Crippen LogP contribution in [0.4, 0.5) is 37.8 Å². The van der Waals surface area contributed by atoms with Crippen molar-refractivity contribution in [2.24, 2.45) is 0 Å². The summed E-state index contributed by atoms with van der Waals surface area (Å²) in [6.07, 6.45) is -8.68. The highest BCUT2D eigenvalue weighted by Crippen LogP contribution is 2.41. The minimum absolute atomic E-state index is 0.0324. The second-order valence-corrected chi connectivity index (χ2v) is 10.6. The summed E-state index contributed by atoms with van der Waals surface area (Å²) in [6.45, 7) is 3.54. The molecule has 1 saturated heterocycles. The Labute approximate surface area is 239 Å². The predicted octanol–water partition coefficient (Wildman–Crippen LogP) is 6.79. The minimum Gasteiger partial charge on any atom is -0.354 e. The first-order valence-electron chi connectivity index (χ1n) is 14.4. The Balaban J connectivity index is 1.76. The maximum absolute atomic E-state index is 13.9. The highest BCUT2D eigenvalue weighted by molar-refractivity contribution is 6.03. The number of aryl methyl sites for hydroxylation is 1. The topological polar surface area (TPSA) is 39.7 Å². The first kappa shape index (κ1) is 26.3. The minimum atomic E-state index is -5.06. The molecule has 0 atom stereocenters. The maximum Gasteiger partial charge on any atom is 0.416 e. The zero-order chi connectivity index (χ0) is 32.8. The molecule has 1 aliphatic heterocycles. The Morgan fingerprint density at radius 2 is 1.44 bits per heavy atom. The fourth-order valence-electron chi connectivity index (χ4n) is 4.87. The fourth-order valence-corrected chi connectivity index (χ4v) is 4.87. The molecule has 0 radical (unpaired) electrons. The van der Waals surface area contributed by atoms with Gasteiger partial charge < -0.3 is 14.7 Å². The van der Waals surface area contributed by atoms with E-state index < -0.39 is 47.3 Å². The van der Waals surface area contributed by atoms with Crippen LogP contribution in [0.15, 0.2) is 54.7 Å². The second-order valence-electron chi connectivity index (χ2n) is 10.6. The van der Waals surface area contributed by atoms with Gasteiger partial charge in [0, 0.05) is 42.9 Å². The van der Waals surface area contributed by atoms with E-state index in [0.29, 0.717) is 42.3 Å². The molecule has 0 aliphatic carbocycles. The van der Waals surface area contributed by atoms with E-state index in [1.807, 2.05) is 30.0 Å². The monoisotopic (exact) mass is 581 g/mol. The third-order valence-corrected chi connectivity index (χ3v) is 7.42. The number of anilines is 2. The number of alkyl halides is 6. The van der Waals surface area contributed by atoms with Crippen molar-refractivity contribution in [1.29, 1.82) is 0 Å². The largest absolute Gasteiger partial charge is 0.416 e. The molecule has 0 saturated carbocycles. The number of benzene rings is 2. The second kappa shape index (κ2) is 11.0. The Morgan fingerprint density at radius 1 is 0.878 bits per heavy atom.